The van der Waals surface area contributed by atoms with Gasteiger partial charge in [-0.2, -0.15) is 0 Å². The minimum atomic E-state index is -1.16. The third-order valence-corrected chi connectivity index (χ3v) is 4.94. The summed E-state index contributed by atoms with van der Waals surface area (Å²) in [5.74, 6) is -1.16. The number of fused-ring (bicyclic) bond motifs is 1. The number of hydrogen-bond acceptors (Lipinski definition) is 5. The van der Waals surface area contributed by atoms with Gasteiger partial charge in [-0.3, -0.25) is 0 Å². The van der Waals surface area contributed by atoms with Crippen molar-refractivity contribution in [2.45, 2.75) is 26.4 Å². The molecule has 0 atom stereocenters. The van der Waals surface area contributed by atoms with E-state index in [9.17, 15) is 9.90 Å². The van der Waals surface area contributed by atoms with Crippen molar-refractivity contribution in [2.24, 2.45) is 10.3 Å². The quantitative estimate of drug-likeness (QED) is 0.553. The molecule has 140 valence electrons. The predicted octanol–water partition coefficient (Wildman–Crippen LogP) is 4.06. The first-order valence-electron chi connectivity index (χ1n) is 8.42. The summed E-state index contributed by atoms with van der Waals surface area (Å²) < 4.78 is 0.999. The Morgan fingerprint density at radius 3 is 2.81 bits per heavy atom. The number of hydrogen-bond donors (Lipinski definition) is 1. The summed E-state index contributed by atoms with van der Waals surface area (Å²) in [5, 5.41) is 17.4. The van der Waals surface area contributed by atoms with Crippen molar-refractivity contribution in [3.8, 4) is 0 Å². The summed E-state index contributed by atoms with van der Waals surface area (Å²) >= 11 is 3.48. The third kappa shape index (κ3) is 4.19. The standard InChI is InChI=1S/C20H19BrN2O4/c1-12-4-3-5-15(19(20(24)25)23-26-2)17(12)11-27-22-18-9-7-13-6-8-14(21)10-16(13)18/h3-6,8,10H,7,9,11H2,1-2H3,(H,24,25)/b22-18+,23-19+. The molecule has 0 saturated carbocycles. The highest BCUT2D eigenvalue weighted by Gasteiger charge is 2.21. The Morgan fingerprint density at radius 1 is 1.26 bits per heavy atom. The summed E-state index contributed by atoms with van der Waals surface area (Å²) in [6.07, 6.45) is 1.75. The number of oxime groups is 2. The van der Waals surface area contributed by atoms with E-state index < -0.39 is 5.97 Å². The number of aliphatic carboxylic acids is 1. The van der Waals surface area contributed by atoms with Crippen LogP contribution in [0.2, 0.25) is 0 Å². The highest BCUT2D eigenvalue weighted by molar-refractivity contribution is 9.10. The maximum atomic E-state index is 11.5. The molecule has 1 aliphatic carbocycles. The van der Waals surface area contributed by atoms with Gasteiger partial charge in [-0.15, -0.1) is 0 Å². The Balaban J connectivity index is 1.85. The average Bonchev–Trinajstić information content (AvgIpc) is 3.03. The lowest BCUT2D eigenvalue weighted by Crippen LogP contribution is -2.18. The number of rotatable bonds is 6. The van der Waals surface area contributed by atoms with Crippen molar-refractivity contribution in [1.82, 2.24) is 0 Å². The second-order valence-corrected chi connectivity index (χ2v) is 7.06. The smallest absolute Gasteiger partial charge is 0.358 e. The van der Waals surface area contributed by atoms with Gasteiger partial charge in [-0.1, -0.05) is 50.5 Å². The summed E-state index contributed by atoms with van der Waals surface area (Å²) in [6.45, 7) is 2.04. The Labute approximate surface area is 165 Å². The lowest BCUT2D eigenvalue weighted by Gasteiger charge is -2.11. The second-order valence-electron chi connectivity index (χ2n) is 6.14. The Kier molecular flexibility index (Phi) is 5.91. The molecule has 1 N–H and O–H groups in total. The molecule has 0 amide bonds. The lowest BCUT2D eigenvalue weighted by atomic mass is 9.99. The Hall–Kier alpha value is -2.67. The highest BCUT2D eigenvalue weighted by atomic mass is 79.9. The van der Waals surface area contributed by atoms with Gasteiger partial charge in [-0.25, -0.2) is 4.79 Å². The molecule has 6 nitrogen and oxygen atoms in total. The molecule has 0 aliphatic heterocycles. The first-order chi connectivity index (χ1) is 13.0. The Bertz CT molecular complexity index is 938. The SMILES string of the molecule is CO/N=C(/C(=O)O)c1cccc(C)c1CO/N=C1\CCc2ccc(Br)cc21. The van der Waals surface area contributed by atoms with Crippen LogP contribution in [0.1, 0.15) is 34.2 Å². The monoisotopic (exact) mass is 430 g/mol. The minimum Gasteiger partial charge on any atom is -0.476 e. The molecule has 0 aromatic heterocycles. The fraction of sp³-hybridized carbons (Fsp3) is 0.250. The van der Waals surface area contributed by atoms with Crippen LogP contribution in [0.3, 0.4) is 0 Å². The molecule has 7 heteroatoms. The molecular formula is C20H19BrN2O4. The zero-order valence-corrected chi connectivity index (χ0v) is 16.6. The van der Waals surface area contributed by atoms with E-state index >= 15 is 0 Å². The third-order valence-electron chi connectivity index (χ3n) is 4.45. The van der Waals surface area contributed by atoms with E-state index in [1.165, 1.54) is 12.7 Å². The number of carbonyl (C=O) groups is 1. The topological polar surface area (TPSA) is 80.5 Å². The van der Waals surface area contributed by atoms with Crippen LogP contribution < -0.4 is 0 Å². The van der Waals surface area contributed by atoms with E-state index in [-0.39, 0.29) is 12.3 Å². The van der Waals surface area contributed by atoms with Gasteiger partial charge in [0, 0.05) is 21.2 Å². The van der Waals surface area contributed by atoms with E-state index in [0.717, 1.165) is 34.2 Å². The predicted molar refractivity (Wildman–Crippen MR) is 106 cm³/mol. The number of carboxylic acid groups (broad SMARTS) is 1. The van der Waals surface area contributed by atoms with E-state index in [1.54, 1.807) is 12.1 Å². The maximum absolute atomic E-state index is 11.5. The van der Waals surface area contributed by atoms with Crippen molar-refractivity contribution < 1.29 is 19.6 Å². The first kappa shape index (κ1) is 19.1. The van der Waals surface area contributed by atoms with Crippen LogP contribution >= 0.6 is 15.9 Å². The molecule has 1 aliphatic rings. The van der Waals surface area contributed by atoms with Crippen LogP contribution in [-0.2, 0) is 27.5 Å². The van der Waals surface area contributed by atoms with E-state index in [0.29, 0.717) is 11.1 Å². The van der Waals surface area contributed by atoms with Crippen LogP contribution in [0.4, 0.5) is 0 Å². The minimum absolute atomic E-state index is 0.144. The van der Waals surface area contributed by atoms with Gasteiger partial charge in [0.2, 0.25) is 0 Å². The molecule has 3 rings (SSSR count). The van der Waals surface area contributed by atoms with Gasteiger partial charge in [0.15, 0.2) is 5.71 Å². The fourth-order valence-electron chi connectivity index (χ4n) is 3.10. The van der Waals surface area contributed by atoms with Crippen molar-refractivity contribution in [3.63, 3.8) is 0 Å². The normalized spacial score (nSPS) is 14.9. The van der Waals surface area contributed by atoms with Crippen molar-refractivity contribution in [1.29, 1.82) is 0 Å². The first-order valence-corrected chi connectivity index (χ1v) is 9.21. The maximum Gasteiger partial charge on any atom is 0.358 e. The van der Waals surface area contributed by atoms with Gasteiger partial charge in [0.25, 0.3) is 0 Å². The molecule has 2 aromatic carbocycles. The van der Waals surface area contributed by atoms with Crippen LogP contribution in [-0.4, -0.2) is 29.6 Å². The Morgan fingerprint density at radius 2 is 2.07 bits per heavy atom. The molecule has 0 unspecified atom stereocenters. The van der Waals surface area contributed by atoms with Gasteiger partial charge in [-0.05, 0) is 43.0 Å². The lowest BCUT2D eigenvalue weighted by molar-refractivity contribution is -0.129. The average molecular weight is 431 g/mol. The summed E-state index contributed by atoms with van der Waals surface area (Å²) in [4.78, 5) is 21.8. The molecule has 0 fully saturated rings. The second kappa shape index (κ2) is 8.35. The van der Waals surface area contributed by atoms with Crippen molar-refractivity contribution in [2.75, 3.05) is 7.11 Å². The van der Waals surface area contributed by atoms with Crippen LogP contribution in [0.25, 0.3) is 0 Å². The number of benzene rings is 2. The van der Waals surface area contributed by atoms with Crippen molar-refractivity contribution >= 4 is 33.3 Å². The number of carboxylic acids is 1. The number of aryl methyl sites for hydroxylation is 2. The van der Waals surface area contributed by atoms with Gasteiger partial charge in [0.1, 0.15) is 13.7 Å². The summed E-state index contributed by atoms with van der Waals surface area (Å²) in [5.41, 5.74) is 5.13. The number of halogens is 1. The van der Waals surface area contributed by atoms with Crippen molar-refractivity contribution in [3.05, 3.63) is 68.7 Å². The molecule has 2 aromatic rings. The van der Waals surface area contributed by atoms with Gasteiger partial charge < -0.3 is 14.8 Å². The largest absolute Gasteiger partial charge is 0.476 e. The number of nitrogens with zero attached hydrogens (tertiary/aromatic N) is 2. The summed E-state index contributed by atoms with van der Waals surface area (Å²) in [6, 6.07) is 11.5. The van der Waals surface area contributed by atoms with E-state index in [4.69, 9.17) is 4.84 Å². The molecule has 0 saturated heterocycles. The molecule has 0 bridgehead atoms. The molecule has 0 heterocycles. The van der Waals surface area contributed by atoms with Crippen LogP contribution in [0.5, 0.6) is 0 Å². The van der Waals surface area contributed by atoms with E-state index in [1.807, 2.05) is 25.1 Å². The van der Waals surface area contributed by atoms with Crippen LogP contribution in [0, 0.1) is 6.92 Å². The highest BCUT2D eigenvalue weighted by Crippen LogP contribution is 2.26. The van der Waals surface area contributed by atoms with Gasteiger partial charge in [0.05, 0.1) is 5.71 Å². The fourth-order valence-corrected chi connectivity index (χ4v) is 3.46. The summed E-state index contributed by atoms with van der Waals surface area (Å²) in [7, 11) is 1.32. The molecule has 0 radical (unpaired) electrons. The zero-order valence-electron chi connectivity index (χ0n) is 15.0. The molecular weight excluding hydrogens is 412 g/mol. The van der Waals surface area contributed by atoms with Crippen LogP contribution in [0.15, 0.2) is 51.2 Å². The van der Waals surface area contributed by atoms with E-state index in [2.05, 4.69) is 37.1 Å². The zero-order chi connectivity index (χ0) is 19.4. The molecule has 0 spiro atoms. The van der Waals surface area contributed by atoms with Gasteiger partial charge >= 0.3 is 5.97 Å². The molecule has 27 heavy (non-hydrogen) atoms.